The topological polar surface area (TPSA) is 72.9 Å². The Morgan fingerprint density at radius 1 is 1.17 bits per heavy atom. The number of carbonyl (C=O) groups excluding carboxylic acids is 1. The first-order chi connectivity index (χ1) is 13.8. The van der Waals surface area contributed by atoms with Crippen molar-refractivity contribution >= 4 is 15.7 Å². The Bertz CT molecular complexity index is 932. The molecule has 2 atom stereocenters. The van der Waals surface area contributed by atoms with Gasteiger partial charge in [-0.25, -0.2) is 8.42 Å². The highest BCUT2D eigenvalue weighted by Crippen LogP contribution is 2.23. The molecule has 0 unspecified atom stereocenters. The van der Waals surface area contributed by atoms with Gasteiger partial charge in [0.15, 0.2) is 9.84 Å². The van der Waals surface area contributed by atoms with Crippen LogP contribution in [-0.2, 0) is 14.6 Å². The molecule has 1 amide bonds. The molecule has 3 rings (SSSR count). The van der Waals surface area contributed by atoms with Crippen LogP contribution in [0.3, 0.4) is 0 Å². The summed E-state index contributed by atoms with van der Waals surface area (Å²) in [5.41, 5.74) is 1.43. The van der Waals surface area contributed by atoms with Crippen molar-refractivity contribution in [3.05, 3.63) is 59.7 Å². The van der Waals surface area contributed by atoms with E-state index < -0.39 is 9.84 Å². The second kappa shape index (κ2) is 8.97. The van der Waals surface area contributed by atoms with Gasteiger partial charge in [-0.2, -0.15) is 0 Å². The van der Waals surface area contributed by atoms with Crippen molar-refractivity contribution in [1.29, 1.82) is 0 Å². The van der Waals surface area contributed by atoms with Gasteiger partial charge >= 0.3 is 0 Å². The Kier molecular flexibility index (Phi) is 6.59. The Balaban J connectivity index is 1.62. The molecule has 0 bridgehead atoms. The minimum atomic E-state index is -3.24. The molecule has 2 aromatic carbocycles. The first-order valence-electron chi connectivity index (χ1n) is 9.67. The van der Waals surface area contributed by atoms with Gasteiger partial charge < -0.3 is 14.4 Å². The molecule has 29 heavy (non-hydrogen) atoms. The lowest BCUT2D eigenvalue weighted by molar-refractivity contribution is 0.0678. The van der Waals surface area contributed by atoms with Gasteiger partial charge in [0.2, 0.25) is 0 Å². The van der Waals surface area contributed by atoms with Gasteiger partial charge in [-0.05, 0) is 61.7 Å². The fraction of sp³-hybridized carbons (Fsp3) is 0.409. The van der Waals surface area contributed by atoms with E-state index in [1.165, 1.54) is 6.26 Å². The summed E-state index contributed by atoms with van der Waals surface area (Å²) in [6, 6.07) is 13.5. The second-order valence-corrected chi connectivity index (χ2v) is 9.42. The summed E-state index contributed by atoms with van der Waals surface area (Å²) >= 11 is 0. The summed E-state index contributed by atoms with van der Waals surface area (Å²) in [4.78, 5) is 14.7. The van der Waals surface area contributed by atoms with Gasteiger partial charge in [-0.1, -0.05) is 12.1 Å². The van der Waals surface area contributed by atoms with Crippen LogP contribution in [0.2, 0.25) is 0 Å². The molecule has 6 nitrogen and oxygen atoms in total. The van der Waals surface area contributed by atoms with E-state index in [0.717, 1.165) is 25.0 Å². The number of nitrogens with zero attached hydrogens (tertiary/aromatic N) is 1. The zero-order valence-electron chi connectivity index (χ0n) is 17.0. The molecule has 0 saturated carbocycles. The van der Waals surface area contributed by atoms with Crippen LogP contribution in [0.15, 0.2) is 53.4 Å². The summed E-state index contributed by atoms with van der Waals surface area (Å²) in [5.74, 6) is 0.597. The van der Waals surface area contributed by atoms with Gasteiger partial charge in [0.25, 0.3) is 5.91 Å². The summed E-state index contributed by atoms with van der Waals surface area (Å²) in [6.07, 6.45) is 3.42. The molecule has 7 heteroatoms. The first-order valence-corrected chi connectivity index (χ1v) is 11.6. The van der Waals surface area contributed by atoms with Crippen LogP contribution >= 0.6 is 0 Å². The van der Waals surface area contributed by atoms with Gasteiger partial charge in [0, 0.05) is 25.5 Å². The van der Waals surface area contributed by atoms with Crippen LogP contribution in [-0.4, -0.2) is 51.8 Å². The van der Waals surface area contributed by atoms with Crippen molar-refractivity contribution in [1.82, 2.24) is 4.90 Å². The smallest absolute Gasteiger partial charge is 0.254 e. The maximum Gasteiger partial charge on any atom is 0.254 e. The number of hydrogen-bond acceptors (Lipinski definition) is 5. The predicted molar refractivity (Wildman–Crippen MR) is 111 cm³/mol. The Labute approximate surface area is 172 Å². The molecule has 2 aromatic rings. The molecule has 1 heterocycles. The van der Waals surface area contributed by atoms with Crippen LogP contribution in [0.4, 0.5) is 0 Å². The van der Waals surface area contributed by atoms with Gasteiger partial charge in [0.05, 0.1) is 17.0 Å². The van der Waals surface area contributed by atoms with E-state index in [1.807, 2.05) is 6.92 Å². The number of hydrogen-bond donors (Lipinski definition) is 0. The zero-order chi connectivity index (χ0) is 21.0. The Morgan fingerprint density at radius 3 is 2.38 bits per heavy atom. The minimum Gasteiger partial charge on any atom is -0.491 e. The third-order valence-corrected chi connectivity index (χ3v) is 6.38. The molecule has 1 aliphatic rings. The fourth-order valence-corrected chi connectivity index (χ4v) is 3.89. The normalized spacial score (nSPS) is 17.7. The molecule has 1 fully saturated rings. The molecular formula is C22H27NO5S. The van der Waals surface area contributed by atoms with Crippen LogP contribution in [0.5, 0.6) is 5.75 Å². The molecule has 1 aliphatic heterocycles. The minimum absolute atomic E-state index is 0.115. The first kappa shape index (κ1) is 21.3. The number of sulfone groups is 1. The lowest BCUT2D eigenvalue weighted by Crippen LogP contribution is -2.29. The van der Waals surface area contributed by atoms with E-state index in [0.29, 0.717) is 17.9 Å². The van der Waals surface area contributed by atoms with E-state index in [1.54, 1.807) is 60.5 Å². The van der Waals surface area contributed by atoms with Crippen LogP contribution in [0.1, 0.15) is 41.7 Å². The lowest BCUT2D eigenvalue weighted by atomic mass is 10.1. The summed E-state index contributed by atoms with van der Waals surface area (Å²) < 4.78 is 34.5. The highest BCUT2D eigenvalue weighted by atomic mass is 32.2. The molecule has 0 N–H and O–H groups in total. The SMILES string of the molecule is C[C@@H](c1ccc(S(C)(=O)=O)cc1)N(C)C(=O)c1ccc(OC[C@H]2CCCO2)cc1. The van der Waals surface area contributed by atoms with Gasteiger partial charge in [0.1, 0.15) is 12.4 Å². The molecule has 0 aliphatic carbocycles. The van der Waals surface area contributed by atoms with E-state index in [4.69, 9.17) is 9.47 Å². The van der Waals surface area contributed by atoms with Gasteiger partial charge in [-0.3, -0.25) is 4.79 Å². The van der Waals surface area contributed by atoms with E-state index in [2.05, 4.69) is 0 Å². The number of rotatable bonds is 7. The summed E-state index contributed by atoms with van der Waals surface area (Å²) in [7, 11) is -1.50. The van der Waals surface area contributed by atoms with Crippen molar-refractivity contribution < 1.29 is 22.7 Å². The maximum atomic E-state index is 12.8. The summed E-state index contributed by atoms with van der Waals surface area (Å²) in [5, 5.41) is 0. The monoisotopic (exact) mass is 417 g/mol. The number of amides is 1. The number of benzene rings is 2. The van der Waals surface area contributed by atoms with Crippen molar-refractivity contribution in [2.75, 3.05) is 26.5 Å². The lowest BCUT2D eigenvalue weighted by Gasteiger charge is -2.25. The molecule has 0 radical (unpaired) electrons. The number of ether oxygens (including phenoxy) is 2. The Hall–Kier alpha value is -2.38. The zero-order valence-corrected chi connectivity index (χ0v) is 17.8. The third-order valence-electron chi connectivity index (χ3n) is 5.25. The maximum absolute atomic E-state index is 12.8. The highest BCUT2D eigenvalue weighted by molar-refractivity contribution is 7.90. The standard InChI is InChI=1S/C22H27NO5S/c1-16(17-8-12-21(13-9-17)29(3,25)26)23(2)22(24)18-6-10-19(11-7-18)28-15-20-5-4-14-27-20/h6-13,16,20H,4-5,14-15H2,1-3H3/t16-,20+/m0/s1. The Morgan fingerprint density at radius 2 is 1.83 bits per heavy atom. The highest BCUT2D eigenvalue weighted by Gasteiger charge is 2.20. The average molecular weight is 418 g/mol. The van der Waals surface area contributed by atoms with Crippen LogP contribution in [0.25, 0.3) is 0 Å². The van der Waals surface area contributed by atoms with Crippen molar-refractivity contribution in [3.8, 4) is 5.75 Å². The molecule has 0 spiro atoms. The van der Waals surface area contributed by atoms with Crippen LogP contribution in [0, 0.1) is 0 Å². The largest absolute Gasteiger partial charge is 0.491 e. The quantitative estimate of drug-likeness (QED) is 0.690. The van der Waals surface area contributed by atoms with E-state index >= 15 is 0 Å². The molecule has 1 saturated heterocycles. The third kappa shape index (κ3) is 5.36. The van der Waals surface area contributed by atoms with Gasteiger partial charge in [-0.15, -0.1) is 0 Å². The van der Waals surface area contributed by atoms with Crippen molar-refractivity contribution in [2.45, 2.75) is 36.8 Å². The van der Waals surface area contributed by atoms with E-state index in [-0.39, 0.29) is 22.9 Å². The summed E-state index contributed by atoms with van der Waals surface area (Å²) in [6.45, 7) is 3.23. The average Bonchev–Trinajstić information content (AvgIpc) is 3.24. The second-order valence-electron chi connectivity index (χ2n) is 7.40. The molecule has 0 aromatic heterocycles. The van der Waals surface area contributed by atoms with Crippen molar-refractivity contribution in [2.24, 2.45) is 0 Å². The number of carbonyl (C=O) groups is 1. The molecular weight excluding hydrogens is 390 g/mol. The van der Waals surface area contributed by atoms with Crippen molar-refractivity contribution in [3.63, 3.8) is 0 Å². The predicted octanol–water partition coefficient (Wildman–Crippen LogP) is 3.48. The molecule has 156 valence electrons. The van der Waals surface area contributed by atoms with Crippen LogP contribution < -0.4 is 4.74 Å². The fourth-order valence-electron chi connectivity index (χ4n) is 3.26. The van der Waals surface area contributed by atoms with E-state index in [9.17, 15) is 13.2 Å².